The van der Waals surface area contributed by atoms with Gasteiger partial charge in [-0.3, -0.25) is 4.79 Å². The number of phenols is 1. The van der Waals surface area contributed by atoms with E-state index in [1.807, 2.05) is 53.7 Å². The van der Waals surface area contributed by atoms with Crippen molar-refractivity contribution < 1.29 is 19.8 Å². The Balaban J connectivity index is 3.45. The molecular formula is C20H29NO4. The lowest BCUT2D eigenvalue weighted by molar-refractivity contribution is -0.127. The van der Waals surface area contributed by atoms with Crippen LogP contribution in [-0.2, 0) is 20.4 Å². The van der Waals surface area contributed by atoms with Crippen molar-refractivity contribution in [2.75, 3.05) is 6.54 Å². The fourth-order valence-electron chi connectivity index (χ4n) is 2.72. The summed E-state index contributed by atoms with van der Waals surface area (Å²) in [5.41, 5.74) is 1.64. The Labute approximate surface area is 149 Å². The molecule has 0 aliphatic carbocycles. The van der Waals surface area contributed by atoms with Crippen molar-refractivity contribution in [1.82, 2.24) is 0 Å². The van der Waals surface area contributed by atoms with Gasteiger partial charge in [0.2, 0.25) is 6.08 Å². The van der Waals surface area contributed by atoms with Crippen molar-refractivity contribution in [3.05, 3.63) is 28.8 Å². The number of benzene rings is 1. The molecule has 0 aliphatic rings. The lowest BCUT2D eigenvalue weighted by Gasteiger charge is -2.29. The largest absolute Gasteiger partial charge is 0.507 e. The predicted octanol–water partition coefficient (Wildman–Crippen LogP) is 3.36. The molecular weight excluding hydrogens is 318 g/mol. The van der Waals surface area contributed by atoms with Crippen LogP contribution in [-0.4, -0.2) is 34.7 Å². The van der Waals surface area contributed by atoms with E-state index in [0.29, 0.717) is 0 Å². The predicted molar refractivity (Wildman–Crippen MR) is 97.9 cm³/mol. The van der Waals surface area contributed by atoms with E-state index in [1.165, 1.54) is 6.08 Å². The number of aliphatic hydroxyl groups is 1. The van der Waals surface area contributed by atoms with Gasteiger partial charge in [0.25, 0.3) is 0 Å². The zero-order chi connectivity index (χ0) is 19.6. The van der Waals surface area contributed by atoms with Crippen molar-refractivity contribution in [3.8, 4) is 5.75 Å². The molecule has 25 heavy (non-hydrogen) atoms. The number of nitrogens with zero attached hydrogens (tertiary/aromatic N) is 1. The summed E-state index contributed by atoms with van der Waals surface area (Å²) in [6.45, 7) is 13.4. The van der Waals surface area contributed by atoms with Gasteiger partial charge in [-0.1, -0.05) is 60.6 Å². The Hall–Kier alpha value is -1.97. The summed E-state index contributed by atoms with van der Waals surface area (Å²) in [7, 11) is 0. The van der Waals surface area contributed by atoms with E-state index < -0.39 is 17.8 Å². The van der Waals surface area contributed by atoms with Crippen LogP contribution in [0.5, 0.6) is 5.75 Å². The number of aromatic hydroxyl groups is 1. The summed E-state index contributed by atoms with van der Waals surface area (Å²) in [6, 6.07) is 3.64. The van der Waals surface area contributed by atoms with Crippen molar-refractivity contribution in [2.45, 2.75) is 71.3 Å². The number of Topliss-reactive ketones (excluding diaryl/α,β-unsaturated/α-hetero) is 1. The maximum Gasteiger partial charge on any atom is 0.235 e. The molecule has 138 valence electrons. The molecule has 0 aromatic heterocycles. The van der Waals surface area contributed by atoms with Crippen LogP contribution in [0.25, 0.3) is 0 Å². The summed E-state index contributed by atoms with van der Waals surface area (Å²) in [5, 5.41) is 20.7. The van der Waals surface area contributed by atoms with Crippen LogP contribution < -0.4 is 0 Å². The second-order valence-corrected chi connectivity index (χ2v) is 8.54. The minimum Gasteiger partial charge on any atom is -0.507 e. The molecule has 0 saturated heterocycles. The molecule has 0 fully saturated rings. The summed E-state index contributed by atoms with van der Waals surface area (Å²) >= 11 is 0. The van der Waals surface area contributed by atoms with Crippen LogP contribution in [0.4, 0.5) is 0 Å². The lowest BCUT2D eigenvalue weighted by Crippen LogP contribution is -2.28. The standard InChI is InChI=1S/C20H29NO4/c1-12(17(24)16(23)10-21-11-22)13-8-14(19(2,3)4)18(25)15(9-13)20(5,6)7/h8-9,12,16,23,25H,10H2,1-7H3. The van der Waals surface area contributed by atoms with Gasteiger partial charge in [0.15, 0.2) is 5.78 Å². The highest BCUT2D eigenvalue weighted by molar-refractivity contribution is 5.89. The SMILES string of the molecule is CC(C(=O)C(O)CN=C=O)c1cc(C(C)(C)C)c(O)c(C(C)(C)C)c1. The number of phenolic OH excluding ortho intramolecular Hbond substituents is 1. The van der Waals surface area contributed by atoms with E-state index in [9.17, 15) is 19.8 Å². The summed E-state index contributed by atoms with van der Waals surface area (Å²) in [5.74, 6) is -0.751. The third kappa shape index (κ3) is 5.00. The zero-order valence-corrected chi connectivity index (χ0v) is 16.2. The molecule has 0 aliphatic heterocycles. The number of aliphatic hydroxyl groups excluding tert-OH is 1. The van der Waals surface area contributed by atoms with Gasteiger partial charge < -0.3 is 10.2 Å². The number of ketones is 1. The molecule has 1 aromatic carbocycles. The van der Waals surface area contributed by atoms with Crippen molar-refractivity contribution in [2.24, 2.45) is 4.99 Å². The van der Waals surface area contributed by atoms with E-state index >= 15 is 0 Å². The van der Waals surface area contributed by atoms with Crippen molar-refractivity contribution in [1.29, 1.82) is 0 Å². The Morgan fingerprint density at radius 2 is 1.56 bits per heavy atom. The number of aliphatic imine (C=N–C) groups is 1. The molecule has 5 nitrogen and oxygen atoms in total. The number of carbonyl (C=O) groups is 1. The molecule has 2 atom stereocenters. The first kappa shape index (κ1) is 21.1. The van der Waals surface area contributed by atoms with Gasteiger partial charge >= 0.3 is 0 Å². The Morgan fingerprint density at radius 3 is 1.92 bits per heavy atom. The van der Waals surface area contributed by atoms with Gasteiger partial charge in [-0.2, -0.15) is 0 Å². The summed E-state index contributed by atoms with van der Waals surface area (Å²) < 4.78 is 0. The van der Waals surface area contributed by atoms with Crippen LogP contribution in [0.3, 0.4) is 0 Å². The maximum absolute atomic E-state index is 12.5. The first-order chi connectivity index (χ1) is 11.3. The minimum absolute atomic E-state index is 0.245. The highest BCUT2D eigenvalue weighted by atomic mass is 16.3. The van der Waals surface area contributed by atoms with Crippen LogP contribution in [0.2, 0.25) is 0 Å². The van der Waals surface area contributed by atoms with Gasteiger partial charge in [-0.15, -0.1) is 0 Å². The molecule has 0 heterocycles. The van der Waals surface area contributed by atoms with E-state index in [1.54, 1.807) is 6.92 Å². The van der Waals surface area contributed by atoms with Crippen LogP contribution >= 0.6 is 0 Å². The first-order valence-electron chi connectivity index (χ1n) is 8.44. The summed E-state index contributed by atoms with van der Waals surface area (Å²) in [6.07, 6.45) is -0.0185. The van der Waals surface area contributed by atoms with Gasteiger partial charge in [0, 0.05) is 5.92 Å². The topological polar surface area (TPSA) is 87.0 Å². The van der Waals surface area contributed by atoms with Crippen molar-refractivity contribution >= 4 is 11.9 Å². The van der Waals surface area contributed by atoms with Gasteiger partial charge in [-0.05, 0) is 27.5 Å². The molecule has 0 bridgehead atoms. The number of hydrogen-bond acceptors (Lipinski definition) is 5. The highest BCUT2D eigenvalue weighted by Gasteiger charge is 2.30. The number of carbonyl (C=O) groups excluding carboxylic acids is 2. The normalized spacial score (nSPS) is 14.6. The quantitative estimate of drug-likeness (QED) is 0.631. The number of rotatable bonds is 5. The van der Waals surface area contributed by atoms with Gasteiger partial charge in [-0.25, -0.2) is 9.79 Å². The van der Waals surface area contributed by atoms with E-state index in [4.69, 9.17) is 0 Å². The third-order valence-electron chi connectivity index (χ3n) is 4.33. The van der Waals surface area contributed by atoms with E-state index in [-0.39, 0.29) is 23.1 Å². The van der Waals surface area contributed by atoms with Crippen LogP contribution in [0, 0.1) is 0 Å². The van der Waals surface area contributed by atoms with Crippen LogP contribution in [0.1, 0.15) is 71.1 Å². The average molecular weight is 347 g/mol. The lowest BCUT2D eigenvalue weighted by atomic mass is 9.76. The maximum atomic E-state index is 12.5. The number of isocyanates is 1. The molecule has 0 spiro atoms. The Kier molecular flexibility index (Phi) is 6.33. The average Bonchev–Trinajstić information content (AvgIpc) is 2.49. The van der Waals surface area contributed by atoms with E-state index in [0.717, 1.165) is 16.7 Å². The molecule has 1 rings (SSSR count). The Morgan fingerprint density at radius 1 is 1.12 bits per heavy atom. The molecule has 0 radical (unpaired) electrons. The smallest absolute Gasteiger partial charge is 0.235 e. The molecule has 5 heteroatoms. The molecule has 2 unspecified atom stereocenters. The zero-order valence-electron chi connectivity index (χ0n) is 16.2. The second-order valence-electron chi connectivity index (χ2n) is 8.54. The fraction of sp³-hybridized carbons (Fsp3) is 0.600. The summed E-state index contributed by atoms with van der Waals surface area (Å²) in [4.78, 5) is 25.9. The van der Waals surface area contributed by atoms with Crippen molar-refractivity contribution in [3.63, 3.8) is 0 Å². The minimum atomic E-state index is -1.35. The highest BCUT2D eigenvalue weighted by Crippen LogP contribution is 2.41. The van der Waals surface area contributed by atoms with E-state index in [2.05, 4.69) is 4.99 Å². The second kappa shape index (κ2) is 7.51. The molecule has 1 aromatic rings. The molecule has 2 N–H and O–H groups in total. The van der Waals surface area contributed by atoms with Gasteiger partial charge in [0.05, 0.1) is 6.54 Å². The number of hydrogen-bond donors (Lipinski definition) is 2. The monoisotopic (exact) mass is 347 g/mol. The Bertz CT molecular complexity index is 654. The van der Waals surface area contributed by atoms with Crippen LogP contribution in [0.15, 0.2) is 17.1 Å². The molecule has 0 amide bonds. The fourth-order valence-corrected chi connectivity index (χ4v) is 2.72. The molecule has 0 saturated carbocycles. The first-order valence-corrected chi connectivity index (χ1v) is 8.44. The third-order valence-corrected chi connectivity index (χ3v) is 4.33. The van der Waals surface area contributed by atoms with Gasteiger partial charge in [0.1, 0.15) is 11.9 Å².